The number of hydrogen-bond donors (Lipinski definition) is 1. The van der Waals surface area contributed by atoms with Crippen molar-refractivity contribution < 1.29 is 14.1 Å². The van der Waals surface area contributed by atoms with Crippen molar-refractivity contribution in [3.63, 3.8) is 0 Å². The van der Waals surface area contributed by atoms with Crippen LogP contribution < -0.4 is 16.0 Å². The molecule has 0 atom stereocenters. The molecule has 28 heavy (non-hydrogen) atoms. The molecule has 9 nitrogen and oxygen atoms in total. The fraction of sp³-hybridized carbons (Fsp3) is 0.579. The second kappa shape index (κ2) is 9.91. The highest BCUT2D eigenvalue weighted by molar-refractivity contribution is 5.84. The average molecular weight is 389 g/mol. The number of carbonyl (C=O) groups excluding carboxylic acids is 1. The summed E-state index contributed by atoms with van der Waals surface area (Å²) in [6.45, 7) is 4.03. The zero-order valence-corrected chi connectivity index (χ0v) is 16.2. The van der Waals surface area contributed by atoms with Crippen molar-refractivity contribution in [2.75, 3.05) is 29.9 Å². The zero-order valence-electron chi connectivity index (χ0n) is 16.2. The number of rotatable bonds is 9. The summed E-state index contributed by atoms with van der Waals surface area (Å²) in [6, 6.07) is 1.66. The van der Waals surface area contributed by atoms with E-state index < -0.39 is 11.8 Å². The Balaban J connectivity index is 1.62. The standard InChI is InChI=1S/C19H27N5O4/c1-2-3-4-5-6-10-13-27-18(25)21-16-14-15(23-11-8-7-9-12-23)20-17-22-19(26)28-24(16)17/h7-8,14H,2-6,9-13H2,1H3,(H,21,25). The Labute approximate surface area is 163 Å². The van der Waals surface area contributed by atoms with Gasteiger partial charge in [-0.25, -0.2) is 9.59 Å². The minimum Gasteiger partial charge on any atom is -0.449 e. The number of nitrogens with one attached hydrogen (secondary N) is 1. The van der Waals surface area contributed by atoms with Gasteiger partial charge in [-0.3, -0.25) is 5.32 Å². The van der Waals surface area contributed by atoms with Gasteiger partial charge in [-0.1, -0.05) is 51.2 Å². The lowest BCUT2D eigenvalue weighted by molar-refractivity contribution is 0.158. The van der Waals surface area contributed by atoms with Gasteiger partial charge in [0.2, 0.25) is 0 Å². The second-order valence-electron chi connectivity index (χ2n) is 6.80. The van der Waals surface area contributed by atoms with E-state index in [1.807, 2.05) is 11.0 Å². The van der Waals surface area contributed by atoms with Crippen LogP contribution in [0.1, 0.15) is 51.9 Å². The van der Waals surface area contributed by atoms with Gasteiger partial charge in [0.15, 0.2) is 5.82 Å². The van der Waals surface area contributed by atoms with E-state index in [-0.39, 0.29) is 11.6 Å². The van der Waals surface area contributed by atoms with Gasteiger partial charge in [0.05, 0.1) is 6.61 Å². The zero-order chi connectivity index (χ0) is 19.8. The molecule has 3 heterocycles. The van der Waals surface area contributed by atoms with Crippen LogP contribution in [0.15, 0.2) is 27.5 Å². The van der Waals surface area contributed by atoms with E-state index in [2.05, 4.69) is 28.3 Å². The Bertz CT molecular complexity index is 873. The lowest BCUT2D eigenvalue weighted by Gasteiger charge is -2.24. The Hall–Kier alpha value is -2.84. The lowest BCUT2D eigenvalue weighted by atomic mass is 10.1. The number of ether oxygens (including phenoxy) is 1. The molecule has 3 rings (SSSR count). The first kappa shape index (κ1) is 19.9. The molecule has 0 saturated heterocycles. The molecule has 0 spiro atoms. The third kappa shape index (κ3) is 5.34. The summed E-state index contributed by atoms with van der Waals surface area (Å²) in [5.41, 5.74) is 0. The third-order valence-electron chi connectivity index (χ3n) is 4.58. The van der Waals surface area contributed by atoms with Crippen LogP contribution in [0.4, 0.5) is 16.4 Å². The number of amides is 1. The second-order valence-corrected chi connectivity index (χ2v) is 6.80. The number of carbonyl (C=O) groups is 1. The quantitative estimate of drug-likeness (QED) is 0.518. The number of hydrogen-bond acceptors (Lipinski definition) is 7. The van der Waals surface area contributed by atoms with Crippen LogP contribution in [-0.4, -0.2) is 40.3 Å². The van der Waals surface area contributed by atoms with Crippen molar-refractivity contribution in [1.82, 2.24) is 14.5 Å². The molecule has 9 heteroatoms. The maximum absolute atomic E-state index is 12.2. The predicted octanol–water partition coefficient (Wildman–Crippen LogP) is 3.36. The molecule has 1 amide bonds. The molecule has 1 N–H and O–H groups in total. The number of aromatic nitrogens is 3. The molecule has 0 unspecified atom stereocenters. The molecular weight excluding hydrogens is 362 g/mol. The topological polar surface area (TPSA) is 102 Å². The fourth-order valence-corrected chi connectivity index (χ4v) is 3.10. The molecule has 2 aromatic heterocycles. The summed E-state index contributed by atoms with van der Waals surface area (Å²) in [6.07, 6.45) is 11.1. The summed E-state index contributed by atoms with van der Waals surface area (Å²) in [5, 5.41) is 2.63. The van der Waals surface area contributed by atoms with Crippen LogP contribution in [0, 0.1) is 0 Å². The molecule has 152 valence electrons. The molecule has 1 aliphatic heterocycles. The largest absolute Gasteiger partial charge is 0.461 e. The molecule has 0 saturated carbocycles. The summed E-state index contributed by atoms with van der Waals surface area (Å²) >= 11 is 0. The summed E-state index contributed by atoms with van der Waals surface area (Å²) < 4.78 is 11.4. The van der Waals surface area contributed by atoms with Gasteiger partial charge in [0, 0.05) is 19.2 Å². The van der Waals surface area contributed by atoms with Crippen molar-refractivity contribution in [2.24, 2.45) is 0 Å². The predicted molar refractivity (Wildman–Crippen MR) is 106 cm³/mol. The van der Waals surface area contributed by atoms with Crippen LogP contribution in [0.5, 0.6) is 0 Å². The third-order valence-corrected chi connectivity index (χ3v) is 4.58. The van der Waals surface area contributed by atoms with Crippen LogP contribution in [0.25, 0.3) is 5.78 Å². The Morgan fingerprint density at radius 2 is 2.04 bits per heavy atom. The first-order valence-electron chi connectivity index (χ1n) is 9.92. The minimum absolute atomic E-state index is 0.100. The van der Waals surface area contributed by atoms with Crippen LogP contribution in [0.3, 0.4) is 0 Å². The van der Waals surface area contributed by atoms with Crippen LogP contribution in [-0.2, 0) is 4.74 Å². The molecule has 1 aliphatic rings. The number of unbranched alkanes of at least 4 members (excludes halogenated alkanes) is 5. The molecule has 0 aliphatic carbocycles. The SMILES string of the molecule is CCCCCCCCOC(=O)Nc1cc(N2CC=CCC2)nc2nc(=O)on12. The summed E-state index contributed by atoms with van der Waals surface area (Å²) in [5.74, 6) is 0.205. The van der Waals surface area contributed by atoms with E-state index in [0.29, 0.717) is 19.0 Å². The van der Waals surface area contributed by atoms with Gasteiger partial charge in [0.1, 0.15) is 5.82 Å². The highest BCUT2D eigenvalue weighted by atomic mass is 16.6. The van der Waals surface area contributed by atoms with Gasteiger partial charge in [-0.2, -0.15) is 4.98 Å². The molecule has 0 fully saturated rings. The maximum Gasteiger partial charge on any atom is 0.461 e. The van der Waals surface area contributed by atoms with E-state index in [0.717, 1.165) is 36.8 Å². The van der Waals surface area contributed by atoms with Crippen molar-refractivity contribution >= 4 is 23.5 Å². The monoisotopic (exact) mass is 389 g/mol. The van der Waals surface area contributed by atoms with E-state index in [1.54, 1.807) is 6.07 Å². The van der Waals surface area contributed by atoms with Gasteiger partial charge >= 0.3 is 11.8 Å². The summed E-state index contributed by atoms with van der Waals surface area (Å²) in [4.78, 5) is 33.8. The number of nitrogens with zero attached hydrogens (tertiary/aromatic N) is 4. The van der Waals surface area contributed by atoms with Crippen molar-refractivity contribution in [3.8, 4) is 0 Å². The van der Waals surface area contributed by atoms with Crippen molar-refractivity contribution in [1.29, 1.82) is 0 Å². The van der Waals surface area contributed by atoms with Crippen LogP contribution in [0.2, 0.25) is 0 Å². The lowest BCUT2D eigenvalue weighted by Crippen LogP contribution is -2.28. The van der Waals surface area contributed by atoms with Gasteiger partial charge in [-0.05, 0) is 12.8 Å². The molecular formula is C19H27N5O4. The first-order chi connectivity index (χ1) is 13.7. The van der Waals surface area contributed by atoms with Crippen LogP contribution >= 0.6 is 0 Å². The van der Waals surface area contributed by atoms with Gasteiger partial charge in [-0.15, -0.1) is 9.56 Å². The number of anilines is 2. The van der Waals surface area contributed by atoms with Gasteiger partial charge < -0.3 is 14.2 Å². The number of fused-ring (bicyclic) bond motifs is 1. The van der Waals surface area contributed by atoms with E-state index in [4.69, 9.17) is 9.26 Å². The molecule has 0 aromatic carbocycles. The molecule has 0 radical (unpaired) electrons. The highest BCUT2D eigenvalue weighted by Gasteiger charge is 2.17. The Morgan fingerprint density at radius 3 is 2.82 bits per heavy atom. The maximum atomic E-state index is 12.2. The highest BCUT2D eigenvalue weighted by Crippen LogP contribution is 2.20. The molecule has 2 aromatic rings. The van der Waals surface area contributed by atoms with Crippen molar-refractivity contribution in [3.05, 3.63) is 28.8 Å². The average Bonchev–Trinajstić information content (AvgIpc) is 3.08. The Kier molecular flexibility index (Phi) is 7.05. The Morgan fingerprint density at radius 1 is 1.21 bits per heavy atom. The fourth-order valence-electron chi connectivity index (χ4n) is 3.10. The van der Waals surface area contributed by atoms with Gasteiger partial charge in [0.25, 0.3) is 5.78 Å². The molecule has 0 bridgehead atoms. The first-order valence-corrected chi connectivity index (χ1v) is 9.92. The van der Waals surface area contributed by atoms with E-state index in [1.165, 1.54) is 19.3 Å². The minimum atomic E-state index is -0.772. The van der Waals surface area contributed by atoms with Crippen molar-refractivity contribution in [2.45, 2.75) is 51.9 Å². The summed E-state index contributed by atoms with van der Waals surface area (Å²) in [7, 11) is 0. The smallest absolute Gasteiger partial charge is 0.449 e. The normalized spacial score (nSPS) is 13.8. The van der Waals surface area contributed by atoms with E-state index >= 15 is 0 Å². The van der Waals surface area contributed by atoms with E-state index in [9.17, 15) is 9.59 Å².